The molecule has 2 aromatic rings. The molecule has 2 heterocycles. The van der Waals surface area contributed by atoms with Gasteiger partial charge in [0.25, 0.3) is 11.7 Å². The summed E-state index contributed by atoms with van der Waals surface area (Å²) in [5.41, 5.74) is 4.65. The summed E-state index contributed by atoms with van der Waals surface area (Å²) in [6, 6.07) is 5.44. The molecule has 5 rings (SSSR count). The fourth-order valence-electron chi connectivity index (χ4n) is 8.05. The third-order valence-electron chi connectivity index (χ3n) is 10.3. The van der Waals surface area contributed by atoms with Crippen molar-refractivity contribution < 1.29 is 23.9 Å². The number of carbonyl (C=O) groups excluding carboxylic acids is 4. The number of hydrogen-bond acceptors (Lipinski definition) is 7. The summed E-state index contributed by atoms with van der Waals surface area (Å²) in [5, 5.41) is 8.17. The number of aromatic nitrogens is 3. The molecule has 2 aliphatic carbocycles. The predicted molar refractivity (Wildman–Crippen MR) is 167 cm³/mol. The number of fused-ring (bicyclic) bond motifs is 2. The first kappa shape index (κ1) is 31.5. The number of amides is 1. The van der Waals surface area contributed by atoms with Crippen LogP contribution in [-0.4, -0.2) is 45.5 Å². The summed E-state index contributed by atoms with van der Waals surface area (Å²) in [4.78, 5) is 50.8. The molecule has 1 aliphatic heterocycles. The van der Waals surface area contributed by atoms with Crippen molar-refractivity contribution in [1.29, 1.82) is 0 Å². The molecule has 44 heavy (non-hydrogen) atoms. The smallest absolute Gasteiger partial charge is 0.310 e. The second-order valence-electron chi connectivity index (χ2n) is 13.8. The lowest BCUT2D eigenvalue weighted by Crippen LogP contribution is -2.49. The van der Waals surface area contributed by atoms with Crippen molar-refractivity contribution in [2.75, 3.05) is 11.4 Å². The van der Waals surface area contributed by atoms with E-state index in [1.807, 2.05) is 19.1 Å². The number of benzene rings is 1. The van der Waals surface area contributed by atoms with E-state index in [0.717, 1.165) is 18.3 Å². The first-order valence-electron chi connectivity index (χ1n) is 15.8. The van der Waals surface area contributed by atoms with Crippen molar-refractivity contribution in [3.05, 3.63) is 65.0 Å². The van der Waals surface area contributed by atoms with Crippen LogP contribution in [0.4, 0.5) is 5.69 Å². The number of rotatable bonds is 11. The van der Waals surface area contributed by atoms with Gasteiger partial charge in [-0.15, -0.1) is 5.10 Å². The average molecular weight is 601 g/mol. The van der Waals surface area contributed by atoms with E-state index in [-0.39, 0.29) is 18.4 Å². The van der Waals surface area contributed by atoms with Crippen molar-refractivity contribution in [2.45, 2.75) is 92.2 Å². The molecule has 0 saturated heterocycles. The maximum Gasteiger partial charge on any atom is 0.310 e. The second-order valence-corrected chi connectivity index (χ2v) is 13.8. The molecule has 9 heteroatoms. The Morgan fingerprint density at radius 2 is 1.98 bits per heavy atom. The van der Waals surface area contributed by atoms with E-state index >= 15 is 0 Å². The Kier molecular flexibility index (Phi) is 9.05. The third-order valence-corrected chi connectivity index (χ3v) is 10.3. The van der Waals surface area contributed by atoms with E-state index in [4.69, 9.17) is 4.74 Å². The Balaban J connectivity index is 1.10. The van der Waals surface area contributed by atoms with Gasteiger partial charge in [0.1, 0.15) is 18.6 Å². The lowest BCUT2D eigenvalue weighted by molar-refractivity contribution is -0.144. The molecule has 1 aromatic carbocycles. The zero-order valence-corrected chi connectivity index (χ0v) is 26.4. The van der Waals surface area contributed by atoms with Crippen molar-refractivity contribution in [3.63, 3.8) is 0 Å². The first-order chi connectivity index (χ1) is 20.9. The minimum absolute atomic E-state index is 0.0505. The highest BCUT2D eigenvalue weighted by atomic mass is 16.5. The van der Waals surface area contributed by atoms with Crippen molar-refractivity contribution in [2.24, 2.45) is 22.7 Å². The van der Waals surface area contributed by atoms with Gasteiger partial charge in [-0.3, -0.25) is 23.9 Å². The predicted octanol–water partition coefficient (Wildman–Crippen LogP) is 5.95. The van der Waals surface area contributed by atoms with Crippen LogP contribution in [0.1, 0.15) is 93.8 Å². The number of anilines is 1. The molecule has 0 unspecified atom stereocenters. The van der Waals surface area contributed by atoms with Crippen LogP contribution >= 0.6 is 0 Å². The number of hydrogen-bond donors (Lipinski definition) is 0. The van der Waals surface area contributed by atoms with Gasteiger partial charge in [-0.2, -0.15) is 0 Å². The van der Waals surface area contributed by atoms with Crippen LogP contribution in [0.3, 0.4) is 0 Å². The van der Waals surface area contributed by atoms with Crippen LogP contribution in [-0.2, 0) is 32.3 Å². The highest BCUT2D eigenvalue weighted by Gasteiger charge is 2.52. The standard InChI is InChI=1S/C35H44N4O5/c1-23-8-12-29-27(18-23)32(42)33(43)39(29)17-7-16-38-20-26(36-37-38)22-44-31(41)19-25(21-40)10-11-28-24(2)9-13-30-34(3,4)14-6-15-35(28,30)5/h8,10,12,18,20-21,28,30H,2,6-7,9,11,13-17,19,22H2,1,3-5H3/b25-10+/t28-,30-,35+/m0/s1. The monoisotopic (exact) mass is 600 g/mol. The number of carbonyl (C=O) groups is 4. The number of aryl methyl sites for hydroxylation is 2. The molecular formula is C35H44N4O5. The van der Waals surface area contributed by atoms with Crippen LogP contribution < -0.4 is 4.90 Å². The number of allylic oxidation sites excluding steroid dienone is 2. The minimum Gasteiger partial charge on any atom is -0.459 e. The van der Waals surface area contributed by atoms with Gasteiger partial charge in [0.05, 0.1) is 23.9 Å². The fraction of sp³-hybridized carbons (Fsp3) is 0.543. The summed E-state index contributed by atoms with van der Waals surface area (Å²) in [7, 11) is 0. The fourth-order valence-corrected chi connectivity index (χ4v) is 8.05. The number of esters is 1. The van der Waals surface area contributed by atoms with E-state index in [1.54, 1.807) is 23.0 Å². The number of aldehydes is 1. The third kappa shape index (κ3) is 6.33. The van der Waals surface area contributed by atoms with Crippen LogP contribution in [0.5, 0.6) is 0 Å². The van der Waals surface area contributed by atoms with E-state index in [2.05, 4.69) is 37.7 Å². The lowest BCUT2D eigenvalue weighted by Gasteiger charge is -2.58. The molecule has 0 spiro atoms. The quantitative estimate of drug-likeness (QED) is 0.103. The SMILES string of the molecule is C=C1CC[C@H]2C(C)(C)CCC[C@]2(C)[C@H]1C/C=C(/C=O)CC(=O)OCc1cn(CCCN2C(=O)C(=O)c3cc(C)ccc32)nn1. The van der Waals surface area contributed by atoms with Gasteiger partial charge in [0.2, 0.25) is 0 Å². The summed E-state index contributed by atoms with van der Waals surface area (Å²) in [6.45, 7) is 14.3. The minimum atomic E-state index is -0.513. The normalized spacial score (nSPS) is 24.7. The first-order valence-corrected chi connectivity index (χ1v) is 15.8. The average Bonchev–Trinajstić information content (AvgIpc) is 3.52. The summed E-state index contributed by atoms with van der Waals surface area (Å²) < 4.78 is 7.04. The summed E-state index contributed by atoms with van der Waals surface area (Å²) >= 11 is 0. The number of nitrogens with zero attached hydrogens (tertiary/aromatic N) is 4. The van der Waals surface area contributed by atoms with E-state index in [9.17, 15) is 19.2 Å². The summed E-state index contributed by atoms with van der Waals surface area (Å²) in [6.07, 6.45) is 11.4. The topological polar surface area (TPSA) is 111 Å². The molecule has 0 radical (unpaired) electrons. The van der Waals surface area contributed by atoms with Crippen LogP contribution in [0.2, 0.25) is 0 Å². The maximum absolute atomic E-state index is 12.6. The molecule has 2 fully saturated rings. The van der Waals surface area contributed by atoms with E-state index in [1.165, 1.54) is 36.2 Å². The number of Topliss-reactive ketones (excluding diaryl/α,β-unsaturated/α-hetero) is 1. The van der Waals surface area contributed by atoms with Gasteiger partial charge in [-0.05, 0) is 85.8 Å². The molecule has 1 aromatic heterocycles. The Morgan fingerprint density at radius 1 is 1.18 bits per heavy atom. The molecule has 9 nitrogen and oxygen atoms in total. The van der Waals surface area contributed by atoms with Crippen LogP contribution in [0.15, 0.2) is 48.2 Å². The zero-order valence-electron chi connectivity index (χ0n) is 26.4. The summed E-state index contributed by atoms with van der Waals surface area (Å²) in [5.74, 6) is -0.560. The maximum atomic E-state index is 12.6. The molecule has 234 valence electrons. The highest BCUT2D eigenvalue weighted by molar-refractivity contribution is 6.52. The van der Waals surface area contributed by atoms with Crippen molar-refractivity contribution in [1.82, 2.24) is 15.0 Å². The van der Waals surface area contributed by atoms with E-state index in [0.29, 0.717) is 65.7 Å². The second kappa shape index (κ2) is 12.6. The van der Waals surface area contributed by atoms with Gasteiger partial charge >= 0.3 is 5.97 Å². The van der Waals surface area contributed by atoms with Crippen LogP contribution in [0.25, 0.3) is 0 Å². The van der Waals surface area contributed by atoms with Crippen molar-refractivity contribution >= 4 is 29.6 Å². The Hall–Kier alpha value is -3.88. The largest absolute Gasteiger partial charge is 0.459 e. The molecule has 0 N–H and O–H groups in total. The number of ether oxygens (including phenoxy) is 1. The molecule has 2 saturated carbocycles. The van der Waals surface area contributed by atoms with E-state index < -0.39 is 17.7 Å². The molecule has 3 aliphatic rings. The van der Waals surface area contributed by atoms with Gasteiger partial charge in [0, 0.05) is 13.1 Å². The van der Waals surface area contributed by atoms with Crippen molar-refractivity contribution in [3.8, 4) is 0 Å². The Labute approximate surface area is 259 Å². The Bertz CT molecular complexity index is 1500. The number of ketones is 1. The lowest BCUT2D eigenvalue weighted by atomic mass is 9.47. The van der Waals surface area contributed by atoms with Gasteiger partial charge < -0.3 is 9.64 Å². The molecular weight excluding hydrogens is 556 g/mol. The van der Waals surface area contributed by atoms with Crippen LogP contribution in [0, 0.1) is 29.6 Å². The van der Waals surface area contributed by atoms with Gasteiger partial charge in [0.15, 0.2) is 0 Å². The Morgan fingerprint density at radius 3 is 2.75 bits per heavy atom. The van der Waals surface area contributed by atoms with Gasteiger partial charge in [-0.1, -0.05) is 62.3 Å². The highest BCUT2D eigenvalue weighted by Crippen LogP contribution is 2.61. The zero-order chi connectivity index (χ0) is 31.6. The molecule has 0 bridgehead atoms. The van der Waals surface area contributed by atoms with Gasteiger partial charge in [-0.25, -0.2) is 0 Å². The molecule has 1 amide bonds. The molecule has 3 atom stereocenters.